The van der Waals surface area contributed by atoms with E-state index in [4.69, 9.17) is 0 Å². The lowest BCUT2D eigenvalue weighted by Crippen LogP contribution is -1.99. The van der Waals surface area contributed by atoms with Crippen LogP contribution in [-0.2, 0) is 0 Å². The molecule has 0 radical (unpaired) electrons. The molecule has 1 unspecified atom stereocenters. The molecule has 1 N–H and O–H groups in total. The van der Waals surface area contributed by atoms with Gasteiger partial charge in [-0.15, -0.1) is 0 Å². The molecule has 0 aromatic heterocycles. The molecule has 0 saturated carbocycles. The summed E-state index contributed by atoms with van der Waals surface area (Å²) >= 11 is 0. The first-order valence-corrected chi connectivity index (χ1v) is 4.47. The topological polar surface area (TPSA) is 45.0 Å². The maximum Gasteiger partial charge on any atom is 0.165 e. The zero-order valence-corrected chi connectivity index (χ0v) is 7.72. The first-order chi connectivity index (χ1) is 6.33. The van der Waals surface area contributed by atoms with E-state index < -0.39 is 6.23 Å². The predicted molar refractivity (Wildman–Crippen MR) is 51.9 cm³/mol. The highest BCUT2D eigenvalue weighted by molar-refractivity contribution is 5.34. The van der Waals surface area contributed by atoms with Crippen LogP contribution in [-0.4, -0.2) is 11.3 Å². The number of aliphatic hydroxyl groups is 1. The number of hydrogen-bond acceptors (Lipinski definition) is 3. The Kier molecular flexibility index (Phi) is 4.12. The summed E-state index contributed by atoms with van der Waals surface area (Å²) < 4.78 is 0. The van der Waals surface area contributed by atoms with Gasteiger partial charge in [0.1, 0.15) is 0 Å². The van der Waals surface area contributed by atoms with E-state index in [0.29, 0.717) is 6.42 Å². The molecule has 0 aliphatic carbocycles. The van der Waals surface area contributed by atoms with Gasteiger partial charge in [-0.25, -0.2) is 0 Å². The van der Waals surface area contributed by atoms with Gasteiger partial charge in [-0.05, 0) is 18.6 Å². The van der Waals surface area contributed by atoms with E-state index in [2.05, 4.69) is 10.2 Å². The van der Waals surface area contributed by atoms with Gasteiger partial charge >= 0.3 is 0 Å². The molecule has 0 aliphatic rings. The molecule has 0 bridgehead atoms. The summed E-state index contributed by atoms with van der Waals surface area (Å²) in [6.45, 7) is 2.00. The van der Waals surface area contributed by atoms with Crippen molar-refractivity contribution in [2.75, 3.05) is 0 Å². The highest BCUT2D eigenvalue weighted by atomic mass is 16.3. The summed E-state index contributed by atoms with van der Waals surface area (Å²) in [4.78, 5) is 0. The van der Waals surface area contributed by atoms with Gasteiger partial charge in [0.2, 0.25) is 0 Å². The van der Waals surface area contributed by atoms with Crippen molar-refractivity contribution in [1.29, 1.82) is 0 Å². The minimum absolute atomic E-state index is 0.662. The van der Waals surface area contributed by atoms with Gasteiger partial charge in [0, 0.05) is 0 Å². The van der Waals surface area contributed by atoms with Crippen LogP contribution in [0.1, 0.15) is 19.8 Å². The van der Waals surface area contributed by atoms with Gasteiger partial charge in [0.15, 0.2) is 6.23 Å². The average Bonchev–Trinajstić information content (AvgIpc) is 2.17. The van der Waals surface area contributed by atoms with Crippen LogP contribution >= 0.6 is 0 Å². The Bertz CT molecular complexity index is 259. The van der Waals surface area contributed by atoms with Crippen LogP contribution in [0.5, 0.6) is 0 Å². The van der Waals surface area contributed by atoms with Gasteiger partial charge in [-0.2, -0.15) is 10.2 Å². The summed E-state index contributed by atoms with van der Waals surface area (Å²) in [5.41, 5.74) is 0.776. The van der Waals surface area contributed by atoms with Crippen LogP contribution in [0, 0.1) is 0 Å². The molecule has 0 spiro atoms. The maximum atomic E-state index is 9.25. The molecular weight excluding hydrogens is 164 g/mol. The normalized spacial score (nSPS) is 13.4. The molecule has 0 saturated heterocycles. The number of hydrogen-bond donors (Lipinski definition) is 1. The quantitative estimate of drug-likeness (QED) is 0.708. The van der Waals surface area contributed by atoms with E-state index in [9.17, 15) is 5.11 Å². The molecule has 3 nitrogen and oxygen atoms in total. The molecule has 0 amide bonds. The van der Waals surface area contributed by atoms with E-state index >= 15 is 0 Å². The van der Waals surface area contributed by atoms with Crippen molar-refractivity contribution in [3.05, 3.63) is 30.3 Å². The van der Waals surface area contributed by atoms with E-state index in [1.54, 1.807) is 0 Å². The van der Waals surface area contributed by atoms with Crippen LogP contribution < -0.4 is 0 Å². The van der Waals surface area contributed by atoms with E-state index in [1.165, 1.54) is 0 Å². The zero-order chi connectivity index (χ0) is 9.52. The second-order valence-corrected chi connectivity index (χ2v) is 2.82. The van der Waals surface area contributed by atoms with Gasteiger partial charge in [-0.1, -0.05) is 31.5 Å². The lowest BCUT2D eigenvalue weighted by molar-refractivity contribution is 0.166. The molecule has 0 fully saturated rings. The van der Waals surface area contributed by atoms with Crippen LogP contribution in [0.4, 0.5) is 5.69 Å². The third-order valence-corrected chi connectivity index (χ3v) is 1.61. The van der Waals surface area contributed by atoms with Gasteiger partial charge in [0.05, 0.1) is 5.69 Å². The molecule has 1 atom stereocenters. The Hall–Kier alpha value is -1.22. The summed E-state index contributed by atoms with van der Waals surface area (Å²) in [7, 11) is 0. The fourth-order valence-corrected chi connectivity index (χ4v) is 0.944. The molecule has 1 aromatic carbocycles. The number of azo groups is 1. The van der Waals surface area contributed by atoms with Crippen molar-refractivity contribution < 1.29 is 5.11 Å². The summed E-state index contributed by atoms with van der Waals surface area (Å²) in [5, 5.41) is 16.9. The second kappa shape index (κ2) is 5.43. The van der Waals surface area contributed by atoms with Gasteiger partial charge in [-0.3, -0.25) is 0 Å². The van der Waals surface area contributed by atoms with Crippen molar-refractivity contribution >= 4 is 5.69 Å². The number of rotatable bonds is 4. The van der Waals surface area contributed by atoms with Gasteiger partial charge < -0.3 is 5.11 Å². The molecule has 1 aromatic rings. The third-order valence-electron chi connectivity index (χ3n) is 1.61. The minimum atomic E-state index is -0.662. The third kappa shape index (κ3) is 3.80. The first kappa shape index (κ1) is 9.86. The molecule has 1 rings (SSSR count). The number of benzene rings is 1. The van der Waals surface area contributed by atoms with E-state index in [1.807, 2.05) is 37.3 Å². The van der Waals surface area contributed by atoms with Crippen molar-refractivity contribution in [1.82, 2.24) is 0 Å². The Labute approximate surface area is 78.1 Å². The van der Waals surface area contributed by atoms with Crippen LogP contribution in [0.3, 0.4) is 0 Å². The fraction of sp³-hybridized carbons (Fsp3) is 0.400. The summed E-state index contributed by atoms with van der Waals surface area (Å²) in [6.07, 6.45) is 0.913. The van der Waals surface area contributed by atoms with E-state index in [0.717, 1.165) is 12.1 Å². The monoisotopic (exact) mass is 178 g/mol. The van der Waals surface area contributed by atoms with Gasteiger partial charge in [0.25, 0.3) is 0 Å². The van der Waals surface area contributed by atoms with Crippen LogP contribution in [0.25, 0.3) is 0 Å². The number of aliphatic hydroxyl groups excluding tert-OH is 1. The largest absolute Gasteiger partial charge is 0.370 e. The van der Waals surface area contributed by atoms with Crippen molar-refractivity contribution in [3.63, 3.8) is 0 Å². The summed E-state index contributed by atoms with van der Waals surface area (Å²) in [5.74, 6) is 0. The predicted octanol–water partition coefficient (Wildman–Crippen LogP) is 2.89. The van der Waals surface area contributed by atoms with Crippen molar-refractivity contribution in [2.45, 2.75) is 26.0 Å². The zero-order valence-electron chi connectivity index (χ0n) is 7.72. The lowest BCUT2D eigenvalue weighted by Gasteiger charge is -1.99. The fourth-order valence-electron chi connectivity index (χ4n) is 0.944. The van der Waals surface area contributed by atoms with Crippen molar-refractivity contribution in [3.8, 4) is 0 Å². The Balaban J connectivity index is 2.49. The first-order valence-electron chi connectivity index (χ1n) is 4.47. The SMILES string of the molecule is CCCC(O)N=Nc1ccccc1. The Morgan fingerprint density at radius 2 is 2.00 bits per heavy atom. The summed E-state index contributed by atoms with van der Waals surface area (Å²) in [6, 6.07) is 9.40. The second-order valence-electron chi connectivity index (χ2n) is 2.82. The lowest BCUT2D eigenvalue weighted by atomic mass is 10.3. The average molecular weight is 178 g/mol. The maximum absolute atomic E-state index is 9.25. The molecule has 70 valence electrons. The van der Waals surface area contributed by atoms with Crippen LogP contribution in [0.2, 0.25) is 0 Å². The molecular formula is C10H14N2O. The van der Waals surface area contributed by atoms with Crippen LogP contribution in [0.15, 0.2) is 40.6 Å². The Morgan fingerprint density at radius 3 is 2.62 bits per heavy atom. The molecule has 0 heterocycles. The molecule has 13 heavy (non-hydrogen) atoms. The highest BCUT2D eigenvalue weighted by Crippen LogP contribution is 2.11. The molecule has 0 aliphatic heterocycles. The van der Waals surface area contributed by atoms with Crippen molar-refractivity contribution in [2.24, 2.45) is 10.2 Å². The number of nitrogens with zero attached hydrogens (tertiary/aromatic N) is 2. The smallest absolute Gasteiger partial charge is 0.165 e. The minimum Gasteiger partial charge on any atom is -0.370 e. The molecule has 3 heteroatoms. The highest BCUT2D eigenvalue weighted by Gasteiger charge is 1.97. The standard InChI is InChI=1S/C10H14N2O/c1-2-6-10(13)12-11-9-7-4-3-5-8-9/h3-5,7-8,10,13H,2,6H2,1H3. The Morgan fingerprint density at radius 1 is 1.31 bits per heavy atom. The van der Waals surface area contributed by atoms with E-state index in [-0.39, 0.29) is 0 Å².